The van der Waals surface area contributed by atoms with E-state index in [1.807, 2.05) is 0 Å². The number of amides is 1. The van der Waals surface area contributed by atoms with Gasteiger partial charge in [0, 0.05) is 34.8 Å². The van der Waals surface area contributed by atoms with E-state index in [4.69, 9.17) is 14.1 Å². The van der Waals surface area contributed by atoms with Crippen molar-refractivity contribution in [2.24, 2.45) is 5.16 Å². The minimum absolute atomic E-state index is 0.0251. The molecule has 6 rings (SSSR count). The molecule has 13 heteroatoms. The second-order valence-electron chi connectivity index (χ2n) is 10.9. The number of nitrogens with zero attached hydrogens (tertiary/aromatic N) is 3. The Hall–Kier alpha value is -4.13. The number of nitrogens with one attached hydrogen (secondary N) is 1. The lowest BCUT2D eigenvalue weighted by molar-refractivity contribution is -0.274. The molecular weight excluding hydrogens is 572 g/mol. The molecule has 2 aliphatic heterocycles. The van der Waals surface area contributed by atoms with Crippen molar-refractivity contribution in [2.75, 3.05) is 12.0 Å². The molecule has 0 radical (unpaired) electrons. The standard InChI is InChI=1S/C30H30F4N4O5/c1-40-37-29(35-16-39)22-11-10-20(14-25(22)31)38-18-8-9-19(38)13-21(12-18)41-15-24-27(36-43-28(24)17-6-7-17)23-4-2-3-5-26(23)42-30(32,33)34/h2-5,10-11,14,16-19,21H,6-9,12-13,15H2,1H3,(H,35,37,39). The van der Waals surface area contributed by atoms with Gasteiger partial charge in [-0.25, -0.2) is 4.39 Å². The monoisotopic (exact) mass is 602 g/mol. The molecule has 2 unspecified atom stereocenters. The van der Waals surface area contributed by atoms with Gasteiger partial charge in [0.1, 0.15) is 30.1 Å². The third-order valence-electron chi connectivity index (χ3n) is 8.17. The number of hydrogen-bond acceptors (Lipinski definition) is 8. The summed E-state index contributed by atoms with van der Waals surface area (Å²) in [6.45, 7) is 0.143. The van der Waals surface area contributed by atoms with Gasteiger partial charge in [-0.1, -0.05) is 22.4 Å². The summed E-state index contributed by atoms with van der Waals surface area (Å²) in [5, 5.41) is 10.2. The first-order valence-corrected chi connectivity index (χ1v) is 14.1. The van der Waals surface area contributed by atoms with Gasteiger partial charge in [-0.15, -0.1) is 13.2 Å². The van der Waals surface area contributed by atoms with Crippen LogP contribution in [0, 0.1) is 5.82 Å². The van der Waals surface area contributed by atoms with Crippen molar-refractivity contribution < 1.29 is 41.2 Å². The molecule has 2 saturated heterocycles. The number of carbonyl (C=O) groups excluding carboxylic acids is 1. The Balaban J connectivity index is 1.18. The highest BCUT2D eigenvalue weighted by atomic mass is 19.4. The highest BCUT2D eigenvalue weighted by molar-refractivity contribution is 6.03. The van der Waals surface area contributed by atoms with Crippen LogP contribution in [0.2, 0.25) is 0 Å². The molecule has 2 bridgehead atoms. The molecule has 1 N–H and O–H groups in total. The average molecular weight is 603 g/mol. The smallest absolute Gasteiger partial charge is 0.405 e. The molecule has 0 spiro atoms. The second-order valence-corrected chi connectivity index (χ2v) is 10.9. The summed E-state index contributed by atoms with van der Waals surface area (Å²) in [4.78, 5) is 17.8. The van der Waals surface area contributed by atoms with Gasteiger partial charge in [0.25, 0.3) is 0 Å². The van der Waals surface area contributed by atoms with Gasteiger partial charge in [-0.3, -0.25) is 4.79 Å². The van der Waals surface area contributed by atoms with Crippen LogP contribution in [0.4, 0.5) is 23.2 Å². The fourth-order valence-electron chi connectivity index (χ4n) is 6.26. The maximum absolute atomic E-state index is 15.1. The summed E-state index contributed by atoms with van der Waals surface area (Å²) in [7, 11) is 1.31. The number of benzene rings is 2. The van der Waals surface area contributed by atoms with Gasteiger partial charge in [-0.2, -0.15) is 0 Å². The van der Waals surface area contributed by atoms with E-state index in [0.717, 1.165) is 31.4 Å². The summed E-state index contributed by atoms with van der Waals surface area (Å²) in [6.07, 6.45) is 0.544. The maximum Gasteiger partial charge on any atom is 0.573 e. The zero-order chi connectivity index (χ0) is 30.1. The minimum atomic E-state index is -4.85. The van der Waals surface area contributed by atoms with Crippen molar-refractivity contribution in [2.45, 2.75) is 75.6 Å². The van der Waals surface area contributed by atoms with E-state index in [-0.39, 0.29) is 59.1 Å². The number of oxime groups is 1. The number of hydrogen-bond donors (Lipinski definition) is 1. The molecule has 2 aromatic carbocycles. The lowest BCUT2D eigenvalue weighted by atomic mass is 9.98. The van der Waals surface area contributed by atoms with E-state index in [9.17, 15) is 18.0 Å². The first kappa shape index (κ1) is 29.0. The van der Waals surface area contributed by atoms with Crippen molar-refractivity contribution >= 4 is 17.9 Å². The lowest BCUT2D eigenvalue weighted by Crippen LogP contribution is -2.45. The Morgan fingerprint density at radius 3 is 2.53 bits per heavy atom. The molecule has 3 heterocycles. The van der Waals surface area contributed by atoms with E-state index < -0.39 is 12.2 Å². The number of aromatic nitrogens is 1. The zero-order valence-corrected chi connectivity index (χ0v) is 23.3. The summed E-state index contributed by atoms with van der Waals surface area (Å²) in [5.41, 5.74) is 1.97. The normalized spacial score (nSPS) is 22.0. The molecule has 1 aromatic heterocycles. The fourth-order valence-corrected chi connectivity index (χ4v) is 6.26. The number of carbonyl (C=O) groups is 1. The van der Waals surface area contributed by atoms with Crippen LogP contribution in [0.3, 0.4) is 0 Å². The Labute approximate surface area is 244 Å². The third-order valence-corrected chi connectivity index (χ3v) is 8.17. The molecule has 1 saturated carbocycles. The lowest BCUT2D eigenvalue weighted by Gasteiger charge is -2.40. The molecular formula is C30H30F4N4O5. The number of halogens is 4. The molecule has 9 nitrogen and oxygen atoms in total. The van der Waals surface area contributed by atoms with E-state index in [1.54, 1.807) is 18.2 Å². The van der Waals surface area contributed by atoms with Crippen molar-refractivity contribution in [3.05, 3.63) is 65.2 Å². The van der Waals surface area contributed by atoms with E-state index in [0.29, 0.717) is 30.6 Å². The van der Waals surface area contributed by atoms with E-state index >= 15 is 4.39 Å². The van der Waals surface area contributed by atoms with Gasteiger partial charge in [0.2, 0.25) is 6.41 Å². The summed E-state index contributed by atoms with van der Waals surface area (Å²) >= 11 is 0. The number of piperidine rings is 1. The SMILES string of the molecule is CO/N=C(\NC=O)c1ccc(N2C3CCC2CC(OCc2c(-c4ccccc4OC(F)(F)F)noc2C2CC2)C3)cc1F. The number of rotatable bonds is 10. The molecule has 1 aliphatic carbocycles. The van der Waals surface area contributed by atoms with Gasteiger partial charge in [-0.05, 0) is 68.9 Å². The summed E-state index contributed by atoms with van der Waals surface area (Å²) in [5.74, 6) is -0.0967. The number of amidine groups is 1. The Bertz CT molecular complexity index is 1490. The van der Waals surface area contributed by atoms with Crippen LogP contribution in [0.25, 0.3) is 11.3 Å². The topological polar surface area (TPSA) is 98.4 Å². The molecule has 3 aliphatic rings. The van der Waals surface area contributed by atoms with E-state index in [1.165, 1.54) is 31.4 Å². The predicted molar refractivity (Wildman–Crippen MR) is 147 cm³/mol. The van der Waals surface area contributed by atoms with Crippen molar-refractivity contribution in [1.82, 2.24) is 10.5 Å². The summed E-state index contributed by atoms with van der Waals surface area (Å²) in [6, 6.07) is 10.9. The molecule has 3 aromatic rings. The van der Waals surface area contributed by atoms with Gasteiger partial charge < -0.3 is 29.1 Å². The number of alkyl halides is 3. The number of ether oxygens (including phenoxy) is 2. The average Bonchev–Trinajstić information content (AvgIpc) is 3.67. The van der Waals surface area contributed by atoms with Crippen molar-refractivity contribution in [3.63, 3.8) is 0 Å². The molecule has 1 amide bonds. The van der Waals surface area contributed by atoms with Crippen LogP contribution in [-0.2, 0) is 21.0 Å². The number of anilines is 1. The highest BCUT2D eigenvalue weighted by Crippen LogP contribution is 2.46. The number of fused-ring (bicyclic) bond motifs is 2. The Morgan fingerprint density at radius 1 is 1.14 bits per heavy atom. The maximum atomic E-state index is 15.1. The van der Waals surface area contributed by atoms with Crippen molar-refractivity contribution in [1.29, 1.82) is 0 Å². The fraction of sp³-hybridized carbons (Fsp3) is 0.433. The Morgan fingerprint density at radius 2 is 1.88 bits per heavy atom. The third kappa shape index (κ3) is 6.17. The van der Waals surface area contributed by atoms with Crippen LogP contribution < -0.4 is 15.0 Å². The number of para-hydroxylation sites is 1. The minimum Gasteiger partial charge on any atom is -0.405 e. The summed E-state index contributed by atoms with van der Waals surface area (Å²) < 4.78 is 70.8. The van der Waals surface area contributed by atoms with Crippen LogP contribution in [0.5, 0.6) is 5.75 Å². The molecule has 43 heavy (non-hydrogen) atoms. The quantitative estimate of drug-likeness (QED) is 0.0996. The zero-order valence-electron chi connectivity index (χ0n) is 23.3. The predicted octanol–water partition coefficient (Wildman–Crippen LogP) is 6.03. The highest BCUT2D eigenvalue weighted by Gasteiger charge is 2.42. The molecule has 3 fully saturated rings. The largest absolute Gasteiger partial charge is 0.573 e. The Kier molecular flexibility index (Phi) is 7.99. The van der Waals surface area contributed by atoms with Crippen LogP contribution in [0.1, 0.15) is 61.3 Å². The molecule has 2 atom stereocenters. The van der Waals surface area contributed by atoms with Crippen molar-refractivity contribution in [3.8, 4) is 17.0 Å². The van der Waals surface area contributed by atoms with Gasteiger partial charge in [0.15, 0.2) is 5.84 Å². The second kappa shape index (κ2) is 11.9. The van der Waals surface area contributed by atoms with Crippen LogP contribution >= 0.6 is 0 Å². The van der Waals surface area contributed by atoms with E-state index in [2.05, 4.69) is 25.3 Å². The van der Waals surface area contributed by atoms with Crippen LogP contribution in [0.15, 0.2) is 52.1 Å². The van der Waals surface area contributed by atoms with Gasteiger partial charge in [0.05, 0.1) is 18.3 Å². The first-order chi connectivity index (χ1) is 20.8. The first-order valence-electron chi connectivity index (χ1n) is 14.1. The molecule has 228 valence electrons. The van der Waals surface area contributed by atoms with Crippen LogP contribution in [-0.4, -0.2) is 49.1 Å². The van der Waals surface area contributed by atoms with Gasteiger partial charge >= 0.3 is 6.36 Å².